The smallest absolute Gasteiger partial charge is 0.451 e. The maximum Gasteiger partial charge on any atom is 0.451 e. The third-order valence-electron chi connectivity index (χ3n) is 3.29. The third-order valence-corrected chi connectivity index (χ3v) is 3.29. The molecular formula is C16H12F3N3O2. The van der Waals surface area contributed by atoms with Gasteiger partial charge in [-0.15, -0.1) is 0 Å². The summed E-state index contributed by atoms with van der Waals surface area (Å²) in [5, 5.41) is 12.5. The largest absolute Gasteiger partial charge is 0.508 e. The zero-order valence-corrected chi connectivity index (χ0v) is 12.4. The summed E-state index contributed by atoms with van der Waals surface area (Å²) in [6, 6.07) is 10.5. The molecule has 0 aliphatic heterocycles. The fourth-order valence-electron chi connectivity index (χ4n) is 2.14. The van der Waals surface area contributed by atoms with Crippen LogP contribution in [-0.2, 0) is 6.18 Å². The van der Waals surface area contributed by atoms with Gasteiger partial charge in [-0.25, -0.2) is 9.97 Å². The van der Waals surface area contributed by atoms with Crippen molar-refractivity contribution < 1.29 is 23.0 Å². The second kappa shape index (κ2) is 5.88. The lowest BCUT2D eigenvalue weighted by atomic mass is 10.2. The summed E-state index contributed by atoms with van der Waals surface area (Å²) >= 11 is 0. The molecule has 0 amide bonds. The number of anilines is 2. The molecule has 8 heteroatoms. The number of halogens is 3. The number of phenolic OH excluding ortho intramolecular Hbond substituents is 1. The third kappa shape index (κ3) is 3.17. The first-order chi connectivity index (χ1) is 11.4. The number of phenols is 1. The highest BCUT2D eigenvalue weighted by molar-refractivity contribution is 5.91. The Morgan fingerprint density at radius 2 is 1.75 bits per heavy atom. The summed E-state index contributed by atoms with van der Waals surface area (Å²) in [4.78, 5) is 7.17. The standard InChI is InChI=1S/C16H12F3N3O2/c1-24-11-6-7-12-13(8-11)21-15(16(17,18)19)22-14(12)20-9-2-4-10(23)5-3-9/h2-8,23H,1H3,(H,20,21,22). The van der Waals surface area contributed by atoms with Crippen LogP contribution in [0, 0.1) is 0 Å². The van der Waals surface area contributed by atoms with E-state index in [2.05, 4.69) is 15.3 Å². The predicted molar refractivity (Wildman–Crippen MR) is 82.5 cm³/mol. The van der Waals surface area contributed by atoms with Crippen molar-refractivity contribution in [1.29, 1.82) is 0 Å². The van der Waals surface area contributed by atoms with Crippen molar-refractivity contribution in [3.05, 3.63) is 48.3 Å². The number of hydrogen-bond donors (Lipinski definition) is 2. The highest BCUT2D eigenvalue weighted by Crippen LogP contribution is 2.33. The van der Waals surface area contributed by atoms with Gasteiger partial charge in [-0.05, 0) is 36.4 Å². The van der Waals surface area contributed by atoms with E-state index in [1.54, 1.807) is 12.1 Å². The zero-order valence-electron chi connectivity index (χ0n) is 12.4. The maximum atomic E-state index is 13.1. The molecule has 3 aromatic rings. The topological polar surface area (TPSA) is 67.3 Å². The molecule has 0 fully saturated rings. The maximum absolute atomic E-state index is 13.1. The molecule has 0 spiro atoms. The Morgan fingerprint density at radius 1 is 1.04 bits per heavy atom. The fraction of sp³-hybridized carbons (Fsp3) is 0.125. The minimum absolute atomic E-state index is 0.0145. The molecule has 0 saturated carbocycles. The number of nitrogens with zero attached hydrogens (tertiary/aromatic N) is 2. The van der Waals surface area contributed by atoms with Gasteiger partial charge in [0.2, 0.25) is 5.82 Å². The minimum atomic E-state index is -4.68. The molecular weight excluding hydrogens is 323 g/mol. The lowest BCUT2D eigenvalue weighted by Crippen LogP contribution is -2.12. The number of ether oxygens (including phenoxy) is 1. The van der Waals surface area contributed by atoms with Gasteiger partial charge in [-0.3, -0.25) is 0 Å². The van der Waals surface area contributed by atoms with Gasteiger partial charge in [0, 0.05) is 17.1 Å². The monoisotopic (exact) mass is 335 g/mol. The number of aromatic nitrogens is 2. The normalized spacial score (nSPS) is 11.5. The SMILES string of the molecule is COc1ccc2c(Nc3ccc(O)cc3)nc(C(F)(F)F)nc2c1. The average molecular weight is 335 g/mol. The van der Waals surface area contributed by atoms with Crippen molar-refractivity contribution in [2.24, 2.45) is 0 Å². The van der Waals surface area contributed by atoms with Gasteiger partial charge in [0.15, 0.2) is 0 Å². The van der Waals surface area contributed by atoms with E-state index in [0.717, 1.165) is 0 Å². The molecule has 0 aliphatic rings. The number of rotatable bonds is 3. The number of fused-ring (bicyclic) bond motifs is 1. The first kappa shape index (κ1) is 15.9. The van der Waals surface area contributed by atoms with Crippen molar-refractivity contribution in [2.75, 3.05) is 12.4 Å². The van der Waals surface area contributed by atoms with Crippen LogP contribution in [0.4, 0.5) is 24.7 Å². The van der Waals surface area contributed by atoms with Crippen molar-refractivity contribution >= 4 is 22.4 Å². The van der Waals surface area contributed by atoms with Gasteiger partial charge < -0.3 is 15.2 Å². The predicted octanol–water partition coefficient (Wildman–Crippen LogP) is 4.11. The summed E-state index contributed by atoms with van der Waals surface area (Å²) in [7, 11) is 1.42. The van der Waals surface area contributed by atoms with Gasteiger partial charge in [0.25, 0.3) is 0 Å². The number of benzene rings is 2. The van der Waals surface area contributed by atoms with Gasteiger partial charge in [0.1, 0.15) is 17.3 Å². The van der Waals surface area contributed by atoms with E-state index in [-0.39, 0.29) is 17.1 Å². The van der Waals surface area contributed by atoms with E-state index in [1.165, 1.54) is 37.4 Å². The Labute approximate surface area is 134 Å². The molecule has 1 heterocycles. The van der Waals surface area contributed by atoms with Gasteiger partial charge in [-0.2, -0.15) is 13.2 Å². The molecule has 0 saturated heterocycles. The van der Waals surface area contributed by atoms with Gasteiger partial charge >= 0.3 is 6.18 Å². The summed E-state index contributed by atoms with van der Waals surface area (Å²) in [6.07, 6.45) is -4.68. The van der Waals surface area contributed by atoms with Crippen LogP contribution in [-0.4, -0.2) is 22.2 Å². The lowest BCUT2D eigenvalue weighted by molar-refractivity contribution is -0.144. The molecule has 0 radical (unpaired) electrons. The molecule has 3 rings (SSSR count). The molecule has 2 N–H and O–H groups in total. The number of hydrogen-bond acceptors (Lipinski definition) is 5. The highest BCUT2D eigenvalue weighted by Gasteiger charge is 2.35. The van der Waals surface area contributed by atoms with Crippen LogP contribution in [0.25, 0.3) is 10.9 Å². The Kier molecular flexibility index (Phi) is 3.88. The van der Waals surface area contributed by atoms with Crippen molar-refractivity contribution in [1.82, 2.24) is 9.97 Å². The van der Waals surface area contributed by atoms with Crippen LogP contribution in [0.2, 0.25) is 0 Å². The van der Waals surface area contributed by atoms with Crippen LogP contribution < -0.4 is 10.1 Å². The summed E-state index contributed by atoms with van der Waals surface area (Å²) in [5.74, 6) is -0.788. The van der Waals surface area contributed by atoms with Crippen molar-refractivity contribution in [3.63, 3.8) is 0 Å². The van der Waals surface area contributed by atoms with Crippen LogP contribution in [0.1, 0.15) is 5.82 Å². The van der Waals surface area contributed by atoms with Crippen LogP contribution in [0.15, 0.2) is 42.5 Å². The second-order valence-corrected chi connectivity index (χ2v) is 4.95. The number of aromatic hydroxyl groups is 1. The number of nitrogens with one attached hydrogen (secondary N) is 1. The lowest BCUT2D eigenvalue weighted by Gasteiger charge is -2.13. The Bertz CT molecular complexity index is 880. The Balaban J connectivity index is 2.14. The molecule has 1 aromatic heterocycles. The zero-order chi connectivity index (χ0) is 17.3. The number of alkyl halides is 3. The molecule has 0 aliphatic carbocycles. The summed E-state index contributed by atoms with van der Waals surface area (Å²) in [5.41, 5.74) is 0.592. The Morgan fingerprint density at radius 3 is 2.38 bits per heavy atom. The van der Waals surface area contributed by atoms with E-state index in [9.17, 15) is 18.3 Å². The van der Waals surface area contributed by atoms with E-state index < -0.39 is 12.0 Å². The number of methoxy groups -OCH3 is 1. The minimum Gasteiger partial charge on any atom is -0.508 e. The van der Waals surface area contributed by atoms with Gasteiger partial charge in [-0.1, -0.05) is 0 Å². The quantitative estimate of drug-likeness (QED) is 0.705. The molecule has 24 heavy (non-hydrogen) atoms. The van der Waals surface area contributed by atoms with E-state index in [0.29, 0.717) is 16.8 Å². The van der Waals surface area contributed by atoms with Crippen molar-refractivity contribution in [2.45, 2.75) is 6.18 Å². The highest BCUT2D eigenvalue weighted by atomic mass is 19.4. The van der Waals surface area contributed by atoms with Gasteiger partial charge in [0.05, 0.1) is 12.6 Å². The molecule has 0 atom stereocenters. The van der Waals surface area contributed by atoms with Crippen LogP contribution in [0.5, 0.6) is 11.5 Å². The van der Waals surface area contributed by atoms with E-state index in [4.69, 9.17) is 4.74 Å². The molecule has 124 valence electrons. The summed E-state index contributed by atoms with van der Waals surface area (Å²) < 4.78 is 44.2. The van der Waals surface area contributed by atoms with E-state index in [1.807, 2.05) is 0 Å². The molecule has 2 aromatic carbocycles. The van der Waals surface area contributed by atoms with E-state index >= 15 is 0 Å². The first-order valence-electron chi connectivity index (χ1n) is 6.86. The average Bonchev–Trinajstić information content (AvgIpc) is 2.55. The summed E-state index contributed by atoms with van der Waals surface area (Å²) in [6.45, 7) is 0. The molecule has 0 bridgehead atoms. The fourth-order valence-corrected chi connectivity index (χ4v) is 2.14. The van der Waals surface area contributed by atoms with Crippen molar-refractivity contribution in [3.8, 4) is 11.5 Å². The second-order valence-electron chi connectivity index (χ2n) is 4.95. The van der Waals surface area contributed by atoms with Crippen LogP contribution in [0.3, 0.4) is 0 Å². The first-order valence-corrected chi connectivity index (χ1v) is 6.86. The van der Waals surface area contributed by atoms with Crippen LogP contribution >= 0.6 is 0 Å². The molecule has 5 nitrogen and oxygen atoms in total. The Hall–Kier alpha value is -3.03. The molecule has 0 unspecified atom stereocenters.